The Labute approximate surface area is 157 Å². The van der Waals surface area contributed by atoms with E-state index in [1.54, 1.807) is 13.8 Å². The number of fused-ring (bicyclic) bond motifs is 1. The molecule has 2 aromatic heterocycles. The number of aromatic nitrogens is 2. The lowest BCUT2D eigenvalue weighted by atomic mass is 9.97. The number of rotatable bonds is 2. The Morgan fingerprint density at radius 3 is 2.64 bits per heavy atom. The Morgan fingerprint density at radius 1 is 1.29 bits per heavy atom. The lowest BCUT2D eigenvalue weighted by Gasteiger charge is -2.32. The van der Waals surface area contributed by atoms with Gasteiger partial charge in [-0.15, -0.1) is 0 Å². The Kier molecular flexibility index (Phi) is 4.33. The van der Waals surface area contributed by atoms with E-state index in [0.717, 1.165) is 12.1 Å². The maximum atomic E-state index is 13.4. The third-order valence-corrected chi connectivity index (χ3v) is 4.63. The number of hydrogen-bond acceptors (Lipinski definition) is 5. The Hall–Kier alpha value is -3.30. The quantitative estimate of drug-likeness (QED) is 0.661. The number of hydrogen-bond donors (Lipinski definition) is 1. The average Bonchev–Trinajstić information content (AvgIpc) is 3.26. The molecule has 1 unspecified atom stereocenters. The molecular weight excluding hydrogens is 377 g/mol. The Bertz CT molecular complexity index is 1040. The zero-order valence-corrected chi connectivity index (χ0v) is 14.9. The molecule has 0 spiro atoms. The van der Waals surface area contributed by atoms with Crippen molar-refractivity contribution >= 4 is 11.7 Å². The van der Waals surface area contributed by atoms with Crippen molar-refractivity contribution in [3.63, 3.8) is 0 Å². The van der Waals surface area contributed by atoms with Crippen molar-refractivity contribution < 1.29 is 26.9 Å². The lowest BCUT2D eigenvalue weighted by Crippen LogP contribution is -2.41. The van der Waals surface area contributed by atoms with Crippen molar-refractivity contribution in [1.82, 2.24) is 15.0 Å². The van der Waals surface area contributed by atoms with Gasteiger partial charge in [0.1, 0.15) is 12.0 Å². The van der Waals surface area contributed by atoms with Crippen LogP contribution in [0.15, 0.2) is 27.3 Å². The standard InChI is InChI=1S/C18H15F3N4O3/c1-8-15-13(24-28-17(15)14-7-27-9(2)22-14)3-4-25(8)18(26)23-10-5-11(19)16(21)12(20)6-10/h5-8H,3-4H2,1-2H3,(H,23,26). The molecule has 1 aliphatic rings. The van der Waals surface area contributed by atoms with Gasteiger partial charge in [-0.2, -0.15) is 0 Å². The number of anilines is 1. The van der Waals surface area contributed by atoms with Crippen LogP contribution in [0.1, 0.15) is 30.1 Å². The molecule has 7 nitrogen and oxygen atoms in total. The summed E-state index contributed by atoms with van der Waals surface area (Å²) in [7, 11) is 0. The molecule has 4 rings (SSSR count). The molecule has 2 amide bonds. The van der Waals surface area contributed by atoms with E-state index in [1.165, 1.54) is 11.2 Å². The second-order valence-corrected chi connectivity index (χ2v) is 6.43. The fourth-order valence-electron chi connectivity index (χ4n) is 3.27. The molecule has 0 saturated carbocycles. The van der Waals surface area contributed by atoms with Crippen LogP contribution < -0.4 is 5.32 Å². The number of oxazole rings is 1. The first kappa shape index (κ1) is 18.1. The summed E-state index contributed by atoms with van der Waals surface area (Å²) in [5.41, 5.74) is 1.66. The molecule has 1 aliphatic heterocycles. The topological polar surface area (TPSA) is 84.4 Å². The number of nitrogens with zero attached hydrogens (tertiary/aromatic N) is 3. The molecule has 10 heteroatoms. The van der Waals surface area contributed by atoms with Gasteiger partial charge in [-0.05, 0) is 6.92 Å². The van der Waals surface area contributed by atoms with Gasteiger partial charge in [0, 0.05) is 43.3 Å². The second-order valence-electron chi connectivity index (χ2n) is 6.43. The molecule has 3 heterocycles. The summed E-state index contributed by atoms with van der Waals surface area (Å²) in [5, 5.41) is 6.44. The molecule has 3 aromatic rings. The summed E-state index contributed by atoms with van der Waals surface area (Å²) < 4.78 is 50.5. The van der Waals surface area contributed by atoms with E-state index >= 15 is 0 Å². The van der Waals surface area contributed by atoms with Gasteiger partial charge in [-0.1, -0.05) is 5.16 Å². The van der Waals surface area contributed by atoms with Crippen LogP contribution in [0, 0.1) is 24.4 Å². The van der Waals surface area contributed by atoms with Crippen LogP contribution in [0.3, 0.4) is 0 Å². The predicted molar refractivity (Wildman–Crippen MR) is 90.9 cm³/mol. The first-order valence-electron chi connectivity index (χ1n) is 8.48. The van der Waals surface area contributed by atoms with Gasteiger partial charge >= 0.3 is 6.03 Å². The minimum absolute atomic E-state index is 0.183. The van der Waals surface area contributed by atoms with E-state index in [2.05, 4.69) is 15.5 Å². The van der Waals surface area contributed by atoms with Gasteiger partial charge in [0.2, 0.25) is 0 Å². The number of carbonyl (C=O) groups is 1. The van der Waals surface area contributed by atoms with Crippen molar-refractivity contribution in [3.8, 4) is 11.5 Å². The molecule has 0 aliphatic carbocycles. The Morgan fingerprint density at radius 2 is 2.00 bits per heavy atom. The van der Waals surface area contributed by atoms with E-state index in [4.69, 9.17) is 8.94 Å². The number of carbonyl (C=O) groups excluding carboxylic acids is 1. The molecule has 146 valence electrons. The van der Waals surface area contributed by atoms with Gasteiger partial charge in [0.25, 0.3) is 0 Å². The molecule has 1 atom stereocenters. The summed E-state index contributed by atoms with van der Waals surface area (Å²) in [5.74, 6) is -3.50. The third kappa shape index (κ3) is 3.00. The van der Waals surface area contributed by atoms with Gasteiger partial charge < -0.3 is 19.2 Å². The number of amides is 2. The average molecular weight is 392 g/mol. The predicted octanol–water partition coefficient (Wildman–Crippen LogP) is 4.21. The van der Waals surface area contributed by atoms with Crippen LogP contribution in [-0.2, 0) is 6.42 Å². The van der Waals surface area contributed by atoms with Crippen molar-refractivity contribution in [3.05, 3.63) is 53.0 Å². The van der Waals surface area contributed by atoms with Gasteiger partial charge in [0.15, 0.2) is 29.1 Å². The molecule has 1 N–H and O–H groups in total. The summed E-state index contributed by atoms with van der Waals surface area (Å²) in [4.78, 5) is 18.4. The summed E-state index contributed by atoms with van der Waals surface area (Å²) in [6.07, 6.45) is 1.87. The highest BCUT2D eigenvalue weighted by Gasteiger charge is 2.34. The zero-order valence-electron chi connectivity index (χ0n) is 14.9. The number of halogens is 3. The first-order chi connectivity index (χ1) is 13.3. The van der Waals surface area contributed by atoms with Gasteiger partial charge in [0.05, 0.1) is 11.7 Å². The van der Waals surface area contributed by atoms with Crippen molar-refractivity contribution in [1.29, 1.82) is 0 Å². The normalized spacial score (nSPS) is 16.2. The van der Waals surface area contributed by atoms with E-state index in [1.807, 2.05) is 0 Å². The SMILES string of the molecule is Cc1nc(-c2onc3c2C(C)N(C(=O)Nc2cc(F)c(F)c(F)c2)CC3)co1. The number of benzene rings is 1. The molecular formula is C18H15F3N4O3. The van der Waals surface area contributed by atoms with Crippen LogP contribution in [0.5, 0.6) is 0 Å². The maximum Gasteiger partial charge on any atom is 0.322 e. The van der Waals surface area contributed by atoms with Crippen LogP contribution in [-0.4, -0.2) is 27.6 Å². The zero-order chi connectivity index (χ0) is 20.0. The highest BCUT2D eigenvalue weighted by atomic mass is 19.2. The van der Waals surface area contributed by atoms with Crippen LogP contribution in [0.4, 0.5) is 23.7 Å². The minimum atomic E-state index is -1.59. The monoisotopic (exact) mass is 392 g/mol. The van der Waals surface area contributed by atoms with E-state index in [-0.39, 0.29) is 5.69 Å². The Balaban J connectivity index is 1.60. The van der Waals surface area contributed by atoms with Crippen molar-refractivity contribution in [2.24, 2.45) is 0 Å². The van der Waals surface area contributed by atoms with E-state index in [9.17, 15) is 18.0 Å². The minimum Gasteiger partial charge on any atom is -0.449 e. The number of aryl methyl sites for hydroxylation is 1. The van der Waals surface area contributed by atoms with Crippen LogP contribution in [0.2, 0.25) is 0 Å². The lowest BCUT2D eigenvalue weighted by molar-refractivity contribution is 0.188. The first-order valence-corrected chi connectivity index (χ1v) is 8.48. The number of nitrogens with one attached hydrogen (secondary N) is 1. The summed E-state index contributed by atoms with van der Waals surface area (Å²) in [6.45, 7) is 3.78. The highest BCUT2D eigenvalue weighted by Crippen LogP contribution is 2.37. The second kappa shape index (κ2) is 6.70. The third-order valence-electron chi connectivity index (χ3n) is 4.63. The van der Waals surface area contributed by atoms with Crippen molar-refractivity contribution in [2.75, 3.05) is 11.9 Å². The fraction of sp³-hybridized carbons (Fsp3) is 0.278. The van der Waals surface area contributed by atoms with Crippen LogP contribution >= 0.6 is 0 Å². The molecule has 0 radical (unpaired) electrons. The number of urea groups is 1. The molecule has 0 bridgehead atoms. The molecule has 0 saturated heterocycles. The highest BCUT2D eigenvalue weighted by molar-refractivity contribution is 5.90. The maximum absolute atomic E-state index is 13.4. The molecule has 0 fully saturated rings. The molecule has 28 heavy (non-hydrogen) atoms. The van der Waals surface area contributed by atoms with Crippen LogP contribution in [0.25, 0.3) is 11.5 Å². The van der Waals surface area contributed by atoms with E-state index < -0.39 is 29.5 Å². The summed E-state index contributed by atoms with van der Waals surface area (Å²) in [6, 6.07) is 0.405. The van der Waals surface area contributed by atoms with Crippen molar-refractivity contribution in [2.45, 2.75) is 26.3 Å². The smallest absolute Gasteiger partial charge is 0.322 e. The molecule has 1 aromatic carbocycles. The van der Waals surface area contributed by atoms with E-state index in [0.29, 0.717) is 41.6 Å². The van der Waals surface area contributed by atoms with Gasteiger partial charge in [-0.25, -0.2) is 22.9 Å². The van der Waals surface area contributed by atoms with Gasteiger partial charge in [-0.3, -0.25) is 0 Å². The largest absolute Gasteiger partial charge is 0.449 e. The fourth-order valence-corrected chi connectivity index (χ4v) is 3.27. The summed E-state index contributed by atoms with van der Waals surface area (Å²) >= 11 is 0.